The van der Waals surface area contributed by atoms with Gasteiger partial charge in [0.2, 0.25) is 5.91 Å². The first kappa shape index (κ1) is 15.4. The lowest BCUT2D eigenvalue weighted by atomic mass is 10.1. The van der Waals surface area contributed by atoms with Gasteiger partial charge in [-0.3, -0.25) is 9.69 Å². The lowest BCUT2D eigenvalue weighted by Crippen LogP contribution is -2.51. The van der Waals surface area contributed by atoms with Gasteiger partial charge in [-0.2, -0.15) is 0 Å². The number of likely N-dealkylation sites (N-methyl/N-ethyl adjacent to an activating group) is 1. The standard InChI is InChI=1S/C13H27N3O2/c1-4-11-9-18-10(3)8-16(11)7-6-12(13(14)17)15-5-2/h10-12,15H,4-9H2,1-3H3,(H2,14,17). The predicted molar refractivity (Wildman–Crippen MR) is 72.3 cm³/mol. The summed E-state index contributed by atoms with van der Waals surface area (Å²) in [4.78, 5) is 13.7. The maximum atomic E-state index is 11.3. The first-order chi connectivity index (χ1) is 8.58. The van der Waals surface area contributed by atoms with Crippen LogP contribution in [0.4, 0.5) is 0 Å². The Morgan fingerprint density at radius 2 is 2.28 bits per heavy atom. The Morgan fingerprint density at radius 1 is 1.56 bits per heavy atom. The SMILES string of the molecule is CCNC(CCN1CC(C)OCC1CC)C(N)=O. The van der Waals surface area contributed by atoms with Gasteiger partial charge < -0.3 is 15.8 Å². The van der Waals surface area contributed by atoms with E-state index in [0.717, 1.165) is 39.1 Å². The van der Waals surface area contributed by atoms with Crippen molar-refractivity contribution in [2.75, 3.05) is 26.2 Å². The summed E-state index contributed by atoms with van der Waals surface area (Å²) in [5.41, 5.74) is 5.39. The summed E-state index contributed by atoms with van der Waals surface area (Å²) >= 11 is 0. The molecular weight excluding hydrogens is 230 g/mol. The van der Waals surface area contributed by atoms with Gasteiger partial charge >= 0.3 is 0 Å². The number of primary amides is 1. The van der Waals surface area contributed by atoms with E-state index in [1.807, 2.05) is 6.92 Å². The number of hydrogen-bond acceptors (Lipinski definition) is 4. The molecule has 1 rings (SSSR count). The fourth-order valence-corrected chi connectivity index (χ4v) is 2.45. The van der Waals surface area contributed by atoms with Gasteiger partial charge in [-0.1, -0.05) is 13.8 Å². The van der Waals surface area contributed by atoms with Crippen molar-refractivity contribution in [3.63, 3.8) is 0 Å². The molecule has 0 aromatic carbocycles. The van der Waals surface area contributed by atoms with E-state index in [-0.39, 0.29) is 18.1 Å². The second-order valence-electron chi connectivity index (χ2n) is 5.00. The summed E-state index contributed by atoms with van der Waals surface area (Å²) in [7, 11) is 0. The number of nitrogens with zero attached hydrogens (tertiary/aromatic N) is 1. The van der Waals surface area contributed by atoms with Crippen LogP contribution < -0.4 is 11.1 Å². The summed E-state index contributed by atoms with van der Waals surface area (Å²) in [6.45, 7) is 9.65. The number of ether oxygens (including phenoxy) is 1. The minimum Gasteiger partial charge on any atom is -0.376 e. The normalized spacial score (nSPS) is 27.1. The van der Waals surface area contributed by atoms with Crippen LogP contribution >= 0.6 is 0 Å². The molecule has 1 heterocycles. The van der Waals surface area contributed by atoms with Crippen LogP contribution in [0, 0.1) is 0 Å². The summed E-state index contributed by atoms with van der Waals surface area (Å²) in [5, 5.41) is 3.13. The van der Waals surface area contributed by atoms with Gasteiger partial charge in [0.15, 0.2) is 0 Å². The second kappa shape index (κ2) is 7.71. The van der Waals surface area contributed by atoms with E-state index in [2.05, 4.69) is 24.1 Å². The molecule has 0 aromatic heterocycles. The van der Waals surface area contributed by atoms with Crippen LogP contribution in [0.25, 0.3) is 0 Å². The highest BCUT2D eigenvalue weighted by Gasteiger charge is 2.26. The largest absolute Gasteiger partial charge is 0.376 e. The van der Waals surface area contributed by atoms with Crippen LogP contribution in [0.15, 0.2) is 0 Å². The monoisotopic (exact) mass is 257 g/mol. The van der Waals surface area contributed by atoms with E-state index in [1.54, 1.807) is 0 Å². The molecule has 1 amide bonds. The molecular formula is C13H27N3O2. The Hall–Kier alpha value is -0.650. The number of nitrogens with one attached hydrogen (secondary N) is 1. The quantitative estimate of drug-likeness (QED) is 0.690. The van der Waals surface area contributed by atoms with E-state index in [9.17, 15) is 4.79 Å². The molecule has 1 fully saturated rings. The molecule has 0 spiro atoms. The Balaban J connectivity index is 2.45. The zero-order chi connectivity index (χ0) is 13.5. The minimum absolute atomic E-state index is 0.217. The number of carbonyl (C=O) groups is 1. The Morgan fingerprint density at radius 3 is 2.83 bits per heavy atom. The topological polar surface area (TPSA) is 67.6 Å². The van der Waals surface area contributed by atoms with Gasteiger partial charge in [-0.05, 0) is 26.3 Å². The van der Waals surface area contributed by atoms with Crippen LogP contribution in [0.3, 0.4) is 0 Å². The summed E-state index contributed by atoms with van der Waals surface area (Å²) in [6.07, 6.45) is 2.13. The molecule has 3 N–H and O–H groups in total. The summed E-state index contributed by atoms with van der Waals surface area (Å²) in [5.74, 6) is -0.258. The van der Waals surface area contributed by atoms with Crippen molar-refractivity contribution < 1.29 is 9.53 Å². The molecule has 106 valence electrons. The fraction of sp³-hybridized carbons (Fsp3) is 0.923. The molecule has 0 bridgehead atoms. The van der Waals surface area contributed by atoms with Gasteiger partial charge in [0.05, 0.1) is 18.8 Å². The maximum Gasteiger partial charge on any atom is 0.234 e. The van der Waals surface area contributed by atoms with Crippen molar-refractivity contribution in [2.45, 2.75) is 51.8 Å². The van der Waals surface area contributed by atoms with E-state index >= 15 is 0 Å². The van der Waals surface area contributed by atoms with Gasteiger partial charge in [0.25, 0.3) is 0 Å². The highest BCUT2D eigenvalue weighted by molar-refractivity contribution is 5.79. The van der Waals surface area contributed by atoms with Crippen LogP contribution in [0.1, 0.15) is 33.6 Å². The van der Waals surface area contributed by atoms with Crippen molar-refractivity contribution in [3.8, 4) is 0 Å². The zero-order valence-corrected chi connectivity index (χ0v) is 11.8. The number of morpholine rings is 1. The Labute approximate surface area is 110 Å². The number of amides is 1. The lowest BCUT2D eigenvalue weighted by molar-refractivity contribution is -0.120. The highest BCUT2D eigenvalue weighted by Crippen LogP contribution is 2.15. The molecule has 5 heteroatoms. The van der Waals surface area contributed by atoms with Gasteiger partial charge in [-0.25, -0.2) is 0 Å². The molecule has 1 aliphatic heterocycles. The molecule has 0 saturated carbocycles. The second-order valence-corrected chi connectivity index (χ2v) is 5.00. The third-order valence-corrected chi connectivity index (χ3v) is 3.55. The zero-order valence-electron chi connectivity index (χ0n) is 11.8. The Kier molecular flexibility index (Phi) is 6.60. The van der Waals surface area contributed by atoms with Crippen molar-refractivity contribution in [1.29, 1.82) is 0 Å². The van der Waals surface area contributed by atoms with Gasteiger partial charge in [0, 0.05) is 19.1 Å². The van der Waals surface area contributed by atoms with Crippen LogP contribution in [0.5, 0.6) is 0 Å². The van der Waals surface area contributed by atoms with Crippen LogP contribution in [-0.4, -0.2) is 55.2 Å². The van der Waals surface area contributed by atoms with Gasteiger partial charge in [0.1, 0.15) is 0 Å². The number of rotatable bonds is 7. The highest BCUT2D eigenvalue weighted by atomic mass is 16.5. The maximum absolute atomic E-state index is 11.3. The van der Waals surface area contributed by atoms with E-state index < -0.39 is 0 Å². The lowest BCUT2D eigenvalue weighted by Gasteiger charge is -2.38. The molecule has 5 nitrogen and oxygen atoms in total. The smallest absolute Gasteiger partial charge is 0.234 e. The first-order valence-corrected chi connectivity index (χ1v) is 6.96. The van der Waals surface area contributed by atoms with Crippen molar-refractivity contribution in [3.05, 3.63) is 0 Å². The molecule has 0 radical (unpaired) electrons. The average Bonchev–Trinajstić information content (AvgIpc) is 2.34. The van der Waals surface area contributed by atoms with E-state index in [4.69, 9.17) is 10.5 Å². The van der Waals surface area contributed by atoms with Crippen molar-refractivity contribution in [1.82, 2.24) is 10.2 Å². The van der Waals surface area contributed by atoms with E-state index in [1.165, 1.54) is 0 Å². The molecule has 0 aromatic rings. The third-order valence-electron chi connectivity index (χ3n) is 3.55. The molecule has 1 saturated heterocycles. The number of carbonyl (C=O) groups excluding carboxylic acids is 1. The molecule has 18 heavy (non-hydrogen) atoms. The molecule has 0 aliphatic carbocycles. The van der Waals surface area contributed by atoms with Gasteiger partial charge in [-0.15, -0.1) is 0 Å². The molecule has 1 aliphatic rings. The van der Waals surface area contributed by atoms with Crippen molar-refractivity contribution in [2.24, 2.45) is 5.73 Å². The summed E-state index contributed by atoms with van der Waals surface area (Å²) < 4.78 is 5.66. The van der Waals surface area contributed by atoms with Crippen molar-refractivity contribution >= 4 is 5.91 Å². The van der Waals surface area contributed by atoms with E-state index in [0.29, 0.717) is 6.04 Å². The first-order valence-electron chi connectivity index (χ1n) is 6.96. The summed E-state index contributed by atoms with van der Waals surface area (Å²) in [6, 6.07) is 0.252. The number of hydrogen-bond donors (Lipinski definition) is 2. The van der Waals surface area contributed by atoms with Crippen LogP contribution in [-0.2, 0) is 9.53 Å². The van der Waals surface area contributed by atoms with Crippen LogP contribution in [0.2, 0.25) is 0 Å². The predicted octanol–water partition coefficient (Wildman–Crippen LogP) is 0.339. The average molecular weight is 257 g/mol. The Bertz CT molecular complexity index is 261. The molecule has 3 unspecified atom stereocenters. The molecule has 3 atom stereocenters. The minimum atomic E-state index is -0.258. The number of nitrogens with two attached hydrogens (primary N) is 1. The third kappa shape index (κ3) is 4.55. The fourth-order valence-electron chi connectivity index (χ4n) is 2.45.